The minimum atomic E-state index is -3.34. The van der Waals surface area contributed by atoms with E-state index < -0.39 is 10.0 Å². The number of sulfonamides is 1. The van der Waals surface area contributed by atoms with E-state index in [4.69, 9.17) is 23.2 Å². The number of carbonyl (C=O) groups is 1. The van der Waals surface area contributed by atoms with Gasteiger partial charge < -0.3 is 5.32 Å². The number of hydrogen-bond donors (Lipinski definition) is 1. The topological polar surface area (TPSA) is 66.5 Å². The Morgan fingerprint density at radius 2 is 1.80 bits per heavy atom. The van der Waals surface area contributed by atoms with Crippen LogP contribution in [-0.4, -0.2) is 26.6 Å². The monoisotopic (exact) mass is 398 g/mol. The Bertz CT molecular complexity index is 916. The standard InChI is InChI=1S/C17H16Cl2N2O3S/c18-14-6-2-1-5-13(14)17(22)20-12-7-8-16(15(19)11-12)21-9-3-4-10-25(21,23)24/h1-2,5-8,11H,3-4,9-10H2,(H,20,22). The lowest BCUT2D eigenvalue weighted by atomic mass is 10.2. The zero-order valence-corrected chi connectivity index (χ0v) is 15.5. The molecule has 0 aliphatic carbocycles. The summed E-state index contributed by atoms with van der Waals surface area (Å²) >= 11 is 12.3. The molecule has 5 nitrogen and oxygen atoms in total. The van der Waals surface area contributed by atoms with E-state index in [1.54, 1.807) is 36.4 Å². The molecular formula is C17H16Cl2N2O3S. The third-order valence-electron chi connectivity index (χ3n) is 3.94. The maximum Gasteiger partial charge on any atom is 0.257 e. The van der Waals surface area contributed by atoms with Gasteiger partial charge in [0.1, 0.15) is 0 Å². The number of nitrogens with zero attached hydrogens (tertiary/aromatic N) is 1. The van der Waals surface area contributed by atoms with E-state index in [0.717, 1.165) is 6.42 Å². The van der Waals surface area contributed by atoms with Crippen molar-refractivity contribution in [3.8, 4) is 0 Å². The Labute approximate surface area is 156 Å². The molecule has 1 fully saturated rings. The molecular weight excluding hydrogens is 383 g/mol. The molecule has 1 aliphatic heterocycles. The lowest BCUT2D eigenvalue weighted by molar-refractivity contribution is 0.102. The van der Waals surface area contributed by atoms with Crippen LogP contribution in [0.15, 0.2) is 42.5 Å². The summed E-state index contributed by atoms with van der Waals surface area (Å²) in [5, 5.41) is 3.33. The van der Waals surface area contributed by atoms with Gasteiger partial charge in [-0.25, -0.2) is 8.42 Å². The van der Waals surface area contributed by atoms with Crippen molar-refractivity contribution in [1.29, 1.82) is 0 Å². The van der Waals surface area contributed by atoms with Crippen molar-refractivity contribution in [3.63, 3.8) is 0 Å². The van der Waals surface area contributed by atoms with Gasteiger partial charge in [-0.15, -0.1) is 0 Å². The van der Waals surface area contributed by atoms with Crippen molar-refractivity contribution in [1.82, 2.24) is 0 Å². The molecule has 3 rings (SSSR count). The Morgan fingerprint density at radius 1 is 1.04 bits per heavy atom. The third-order valence-corrected chi connectivity index (χ3v) is 6.43. The minimum absolute atomic E-state index is 0.119. The van der Waals surface area contributed by atoms with Gasteiger partial charge in [0.15, 0.2) is 0 Å². The van der Waals surface area contributed by atoms with Gasteiger partial charge in [-0.1, -0.05) is 35.3 Å². The molecule has 0 spiro atoms. The van der Waals surface area contributed by atoms with Gasteiger partial charge in [-0.05, 0) is 43.2 Å². The molecule has 1 N–H and O–H groups in total. The number of nitrogens with one attached hydrogen (secondary N) is 1. The number of anilines is 2. The lowest BCUT2D eigenvalue weighted by Crippen LogP contribution is -2.38. The maximum atomic E-state index is 12.3. The van der Waals surface area contributed by atoms with Crippen LogP contribution < -0.4 is 9.62 Å². The number of halogens is 2. The van der Waals surface area contributed by atoms with Crippen LogP contribution in [0.4, 0.5) is 11.4 Å². The number of carbonyl (C=O) groups excluding carboxylic acids is 1. The fraction of sp³-hybridized carbons (Fsp3) is 0.235. The summed E-state index contributed by atoms with van der Waals surface area (Å²) < 4.78 is 25.7. The molecule has 1 saturated heterocycles. The second kappa shape index (κ2) is 7.23. The average Bonchev–Trinajstić information content (AvgIpc) is 2.56. The summed E-state index contributed by atoms with van der Waals surface area (Å²) in [5.74, 6) is -0.242. The largest absolute Gasteiger partial charge is 0.322 e. The van der Waals surface area contributed by atoms with E-state index in [-0.39, 0.29) is 16.7 Å². The summed E-state index contributed by atoms with van der Waals surface area (Å²) in [6.07, 6.45) is 1.45. The third kappa shape index (κ3) is 3.92. The van der Waals surface area contributed by atoms with Crippen molar-refractivity contribution in [2.24, 2.45) is 0 Å². The summed E-state index contributed by atoms with van der Waals surface area (Å²) in [5.41, 5.74) is 1.24. The SMILES string of the molecule is O=C(Nc1ccc(N2CCCCS2(=O)=O)c(Cl)c1)c1ccccc1Cl. The van der Waals surface area contributed by atoms with Gasteiger partial charge in [-0.2, -0.15) is 0 Å². The molecule has 0 bridgehead atoms. The van der Waals surface area contributed by atoms with Gasteiger partial charge >= 0.3 is 0 Å². The van der Waals surface area contributed by atoms with Crippen molar-refractivity contribution in [2.45, 2.75) is 12.8 Å². The first-order chi connectivity index (χ1) is 11.9. The predicted octanol–water partition coefficient (Wildman–Crippen LogP) is 4.18. The van der Waals surface area contributed by atoms with E-state index >= 15 is 0 Å². The van der Waals surface area contributed by atoms with Gasteiger partial charge in [0.2, 0.25) is 10.0 Å². The molecule has 0 aromatic heterocycles. The van der Waals surface area contributed by atoms with Gasteiger partial charge in [0.25, 0.3) is 5.91 Å². The zero-order valence-electron chi connectivity index (χ0n) is 13.2. The lowest BCUT2D eigenvalue weighted by Gasteiger charge is -2.29. The highest BCUT2D eigenvalue weighted by molar-refractivity contribution is 7.92. The summed E-state index contributed by atoms with van der Waals surface area (Å²) in [6.45, 7) is 0.410. The molecule has 25 heavy (non-hydrogen) atoms. The van der Waals surface area contributed by atoms with Crippen LogP contribution in [0.2, 0.25) is 10.0 Å². The molecule has 132 valence electrons. The molecule has 1 aliphatic rings. The Hall–Kier alpha value is -1.76. The van der Waals surface area contributed by atoms with Crippen molar-refractivity contribution in [2.75, 3.05) is 21.9 Å². The number of rotatable bonds is 3. The molecule has 1 heterocycles. The van der Waals surface area contributed by atoms with Crippen LogP contribution in [0.25, 0.3) is 0 Å². The predicted molar refractivity (Wildman–Crippen MR) is 101 cm³/mol. The zero-order chi connectivity index (χ0) is 18.0. The van der Waals surface area contributed by atoms with Crippen LogP contribution in [-0.2, 0) is 10.0 Å². The molecule has 0 saturated carbocycles. The molecule has 2 aromatic carbocycles. The first-order valence-corrected chi connectivity index (χ1v) is 10.1. The number of benzene rings is 2. The molecule has 0 atom stereocenters. The number of amides is 1. The summed E-state index contributed by atoms with van der Waals surface area (Å²) in [4.78, 5) is 12.3. The highest BCUT2D eigenvalue weighted by atomic mass is 35.5. The fourth-order valence-corrected chi connectivity index (χ4v) is 4.90. The maximum absolute atomic E-state index is 12.3. The van der Waals surface area contributed by atoms with Gasteiger partial charge in [0.05, 0.1) is 27.0 Å². The molecule has 0 unspecified atom stereocenters. The fourth-order valence-electron chi connectivity index (χ4n) is 2.69. The van der Waals surface area contributed by atoms with Crippen molar-refractivity contribution >= 4 is 50.5 Å². The number of hydrogen-bond acceptors (Lipinski definition) is 3. The highest BCUT2D eigenvalue weighted by Crippen LogP contribution is 2.33. The molecule has 0 radical (unpaired) electrons. The Kier molecular flexibility index (Phi) is 5.22. The molecule has 8 heteroatoms. The first-order valence-electron chi connectivity index (χ1n) is 7.74. The van der Waals surface area contributed by atoms with Crippen LogP contribution in [0.5, 0.6) is 0 Å². The van der Waals surface area contributed by atoms with E-state index in [2.05, 4.69) is 5.32 Å². The van der Waals surface area contributed by atoms with Gasteiger partial charge in [0, 0.05) is 12.2 Å². The van der Waals surface area contributed by atoms with E-state index in [1.165, 1.54) is 10.4 Å². The second-order valence-electron chi connectivity index (χ2n) is 5.70. The van der Waals surface area contributed by atoms with Crippen molar-refractivity contribution < 1.29 is 13.2 Å². The summed E-state index contributed by atoms with van der Waals surface area (Å²) in [7, 11) is -3.34. The van der Waals surface area contributed by atoms with Crippen molar-refractivity contribution in [3.05, 3.63) is 58.1 Å². The second-order valence-corrected chi connectivity index (χ2v) is 8.52. The quantitative estimate of drug-likeness (QED) is 0.842. The Balaban J connectivity index is 1.83. The molecule has 2 aromatic rings. The van der Waals surface area contributed by atoms with Crippen LogP contribution in [0.3, 0.4) is 0 Å². The smallest absolute Gasteiger partial charge is 0.257 e. The minimum Gasteiger partial charge on any atom is -0.322 e. The average molecular weight is 399 g/mol. The van der Waals surface area contributed by atoms with Crippen LogP contribution >= 0.6 is 23.2 Å². The van der Waals surface area contributed by atoms with E-state index in [0.29, 0.717) is 34.9 Å². The molecule has 1 amide bonds. The highest BCUT2D eigenvalue weighted by Gasteiger charge is 2.27. The Morgan fingerprint density at radius 3 is 2.48 bits per heavy atom. The summed E-state index contributed by atoms with van der Waals surface area (Å²) in [6, 6.07) is 11.5. The van der Waals surface area contributed by atoms with E-state index in [1.807, 2.05) is 0 Å². The first kappa shape index (κ1) is 18.0. The van der Waals surface area contributed by atoms with Crippen LogP contribution in [0.1, 0.15) is 23.2 Å². The van der Waals surface area contributed by atoms with Gasteiger partial charge in [-0.3, -0.25) is 9.10 Å². The van der Waals surface area contributed by atoms with E-state index in [9.17, 15) is 13.2 Å². The van der Waals surface area contributed by atoms with Crippen LogP contribution in [0, 0.1) is 0 Å². The normalized spacial score (nSPS) is 16.5.